The van der Waals surface area contributed by atoms with E-state index >= 15 is 0 Å². The third kappa shape index (κ3) is 3.52. The van der Waals surface area contributed by atoms with Crippen LogP contribution in [0.5, 0.6) is 0 Å². The molecule has 0 saturated heterocycles. The van der Waals surface area contributed by atoms with Gasteiger partial charge in [0.1, 0.15) is 0 Å². The molecule has 1 rings (SSSR count). The Bertz CT molecular complexity index is 237. The van der Waals surface area contributed by atoms with Crippen LogP contribution >= 0.6 is 0 Å². The first-order valence-electron chi connectivity index (χ1n) is 4.44. The van der Waals surface area contributed by atoms with Crippen molar-refractivity contribution in [2.75, 3.05) is 19.8 Å². The molecule has 0 spiro atoms. The third-order valence-electron chi connectivity index (χ3n) is 1.65. The predicted molar refractivity (Wildman–Crippen MR) is 47.3 cm³/mol. The van der Waals surface area contributed by atoms with Crippen molar-refractivity contribution in [3.63, 3.8) is 0 Å². The zero-order chi connectivity index (χ0) is 9.52. The molecular weight excluding hydrogens is 170 g/mol. The summed E-state index contributed by atoms with van der Waals surface area (Å²) in [7, 11) is 0. The molecule has 0 fully saturated rings. The molecule has 1 heterocycles. The number of rotatable bonds is 6. The molecule has 0 unspecified atom stereocenters. The lowest BCUT2D eigenvalue weighted by atomic mass is 10.3. The molecule has 0 aliphatic heterocycles. The quantitative estimate of drug-likeness (QED) is 0.626. The Morgan fingerprint density at radius 3 is 3.00 bits per heavy atom. The first-order chi connectivity index (χ1) is 6.36. The lowest BCUT2D eigenvalue weighted by molar-refractivity contribution is 0.0940. The van der Waals surface area contributed by atoms with Crippen molar-refractivity contribution in [1.82, 2.24) is 15.0 Å². The molecular formula is C8H15N3O2. The summed E-state index contributed by atoms with van der Waals surface area (Å²) in [6.45, 7) is 3.90. The Morgan fingerprint density at radius 2 is 2.38 bits per heavy atom. The maximum atomic E-state index is 8.45. The molecule has 0 saturated carbocycles. The van der Waals surface area contributed by atoms with Gasteiger partial charge in [-0.05, 0) is 6.92 Å². The Morgan fingerprint density at radius 1 is 1.54 bits per heavy atom. The van der Waals surface area contributed by atoms with E-state index in [9.17, 15) is 0 Å². The van der Waals surface area contributed by atoms with Gasteiger partial charge in [0.05, 0.1) is 25.5 Å². The summed E-state index contributed by atoms with van der Waals surface area (Å²) >= 11 is 0. The van der Waals surface area contributed by atoms with Crippen molar-refractivity contribution in [3.05, 3.63) is 11.9 Å². The summed E-state index contributed by atoms with van der Waals surface area (Å²) in [4.78, 5) is 0. The first-order valence-corrected chi connectivity index (χ1v) is 4.44. The number of hydrogen-bond acceptors (Lipinski definition) is 4. The maximum Gasteiger partial charge on any atom is 0.0850 e. The number of ether oxygens (including phenoxy) is 1. The fourth-order valence-corrected chi connectivity index (χ4v) is 0.951. The fourth-order valence-electron chi connectivity index (χ4n) is 0.951. The monoisotopic (exact) mass is 185 g/mol. The van der Waals surface area contributed by atoms with E-state index in [-0.39, 0.29) is 6.61 Å². The van der Waals surface area contributed by atoms with Crippen molar-refractivity contribution in [1.29, 1.82) is 0 Å². The van der Waals surface area contributed by atoms with E-state index in [1.54, 1.807) is 4.68 Å². The van der Waals surface area contributed by atoms with Crippen molar-refractivity contribution < 1.29 is 9.84 Å². The SMILES string of the molecule is CCn1cc(CCOCCO)nn1. The van der Waals surface area contributed by atoms with Crippen molar-refractivity contribution >= 4 is 0 Å². The smallest absolute Gasteiger partial charge is 0.0850 e. The topological polar surface area (TPSA) is 60.2 Å². The molecule has 0 atom stereocenters. The minimum atomic E-state index is 0.0711. The molecule has 0 aromatic carbocycles. The van der Waals surface area contributed by atoms with Crippen LogP contribution in [0.3, 0.4) is 0 Å². The number of nitrogens with zero attached hydrogens (tertiary/aromatic N) is 3. The van der Waals surface area contributed by atoms with Crippen LogP contribution in [-0.2, 0) is 17.7 Å². The summed E-state index contributed by atoms with van der Waals surface area (Å²) < 4.78 is 6.88. The van der Waals surface area contributed by atoms with Gasteiger partial charge in [-0.2, -0.15) is 0 Å². The van der Waals surface area contributed by atoms with E-state index < -0.39 is 0 Å². The molecule has 0 bridgehead atoms. The summed E-state index contributed by atoms with van der Waals surface area (Å²) in [6, 6.07) is 0. The van der Waals surface area contributed by atoms with Crippen LogP contribution in [0.2, 0.25) is 0 Å². The second-order valence-electron chi connectivity index (χ2n) is 2.65. The standard InChI is InChI=1S/C8H15N3O2/c1-2-11-7-8(9-10-11)3-5-13-6-4-12/h7,12H,2-6H2,1H3. The van der Waals surface area contributed by atoms with E-state index in [1.807, 2.05) is 13.1 Å². The molecule has 1 aromatic rings. The van der Waals surface area contributed by atoms with Crippen LogP contribution < -0.4 is 0 Å². The molecule has 0 radical (unpaired) electrons. The van der Waals surface area contributed by atoms with Gasteiger partial charge < -0.3 is 9.84 Å². The maximum absolute atomic E-state index is 8.45. The van der Waals surface area contributed by atoms with Gasteiger partial charge in [0.2, 0.25) is 0 Å². The highest BCUT2D eigenvalue weighted by Crippen LogP contribution is 1.94. The van der Waals surface area contributed by atoms with Gasteiger partial charge in [0.15, 0.2) is 0 Å². The number of aliphatic hydroxyl groups is 1. The van der Waals surface area contributed by atoms with Gasteiger partial charge in [0, 0.05) is 19.2 Å². The summed E-state index contributed by atoms with van der Waals surface area (Å²) in [5, 5.41) is 16.3. The van der Waals surface area contributed by atoms with Crippen LogP contribution in [0.1, 0.15) is 12.6 Å². The second-order valence-corrected chi connectivity index (χ2v) is 2.65. The van der Waals surface area contributed by atoms with Gasteiger partial charge >= 0.3 is 0 Å². The zero-order valence-corrected chi connectivity index (χ0v) is 7.81. The summed E-state index contributed by atoms with van der Waals surface area (Å²) in [6.07, 6.45) is 2.66. The average molecular weight is 185 g/mol. The Balaban J connectivity index is 2.20. The predicted octanol–water partition coefficient (Wildman–Crippen LogP) is -0.151. The zero-order valence-electron chi connectivity index (χ0n) is 7.81. The molecule has 5 heteroatoms. The van der Waals surface area contributed by atoms with Crippen LogP contribution in [-0.4, -0.2) is 39.9 Å². The number of aliphatic hydroxyl groups excluding tert-OH is 1. The van der Waals surface area contributed by atoms with Crippen LogP contribution in [0.25, 0.3) is 0 Å². The minimum Gasteiger partial charge on any atom is -0.394 e. The summed E-state index contributed by atoms with van der Waals surface area (Å²) in [5.41, 5.74) is 0.930. The van der Waals surface area contributed by atoms with E-state index in [0.29, 0.717) is 13.2 Å². The van der Waals surface area contributed by atoms with Crippen molar-refractivity contribution in [3.8, 4) is 0 Å². The van der Waals surface area contributed by atoms with Gasteiger partial charge in [-0.1, -0.05) is 5.21 Å². The van der Waals surface area contributed by atoms with E-state index in [4.69, 9.17) is 9.84 Å². The van der Waals surface area contributed by atoms with Crippen LogP contribution in [0.15, 0.2) is 6.20 Å². The van der Waals surface area contributed by atoms with Crippen molar-refractivity contribution in [2.24, 2.45) is 0 Å². The normalized spacial score (nSPS) is 10.6. The lowest BCUT2D eigenvalue weighted by Crippen LogP contribution is -2.03. The first kappa shape index (κ1) is 10.1. The molecule has 5 nitrogen and oxygen atoms in total. The molecule has 1 N–H and O–H groups in total. The highest BCUT2D eigenvalue weighted by molar-refractivity contribution is 4.91. The molecule has 13 heavy (non-hydrogen) atoms. The molecule has 0 amide bonds. The third-order valence-corrected chi connectivity index (χ3v) is 1.65. The van der Waals surface area contributed by atoms with Gasteiger partial charge in [-0.25, -0.2) is 0 Å². The number of hydrogen-bond donors (Lipinski definition) is 1. The minimum absolute atomic E-state index is 0.0711. The molecule has 74 valence electrons. The average Bonchev–Trinajstić information content (AvgIpc) is 2.60. The largest absolute Gasteiger partial charge is 0.394 e. The highest BCUT2D eigenvalue weighted by Gasteiger charge is 1.98. The van der Waals surface area contributed by atoms with Gasteiger partial charge in [0.25, 0.3) is 0 Å². The van der Waals surface area contributed by atoms with E-state index in [1.165, 1.54) is 0 Å². The van der Waals surface area contributed by atoms with Crippen LogP contribution in [0, 0.1) is 0 Å². The lowest BCUT2D eigenvalue weighted by Gasteiger charge is -1.98. The second kappa shape index (κ2) is 5.66. The molecule has 0 aliphatic carbocycles. The summed E-state index contributed by atoms with van der Waals surface area (Å²) in [5.74, 6) is 0. The Hall–Kier alpha value is -0.940. The van der Waals surface area contributed by atoms with E-state index in [0.717, 1.165) is 18.7 Å². The highest BCUT2D eigenvalue weighted by atomic mass is 16.5. The van der Waals surface area contributed by atoms with Gasteiger partial charge in [-0.3, -0.25) is 4.68 Å². The van der Waals surface area contributed by atoms with E-state index in [2.05, 4.69) is 10.3 Å². The Kier molecular flexibility index (Phi) is 4.42. The molecule has 0 aliphatic rings. The fraction of sp³-hybridized carbons (Fsp3) is 0.750. The molecule has 1 aromatic heterocycles. The number of aromatic nitrogens is 3. The van der Waals surface area contributed by atoms with Gasteiger partial charge in [-0.15, -0.1) is 5.10 Å². The number of aryl methyl sites for hydroxylation is 1. The Labute approximate surface area is 77.3 Å². The van der Waals surface area contributed by atoms with Crippen LogP contribution in [0.4, 0.5) is 0 Å². The van der Waals surface area contributed by atoms with Crippen molar-refractivity contribution in [2.45, 2.75) is 19.9 Å².